The van der Waals surface area contributed by atoms with E-state index in [-0.39, 0.29) is 28.7 Å². The van der Waals surface area contributed by atoms with Gasteiger partial charge in [-0.3, -0.25) is 4.90 Å². The third kappa shape index (κ3) is 3.67. The van der Waals surface area contributed by atoms with Crippen LogP contribution in [0, 0.1) is 0 Å². The van der Waals surface area contributed by atoms with E-state index in [1.54, 1.807) is 12.1 Å². The minimum Gasteiger partial charge on any atom is -0.336 e. The predicted octanol–water partition coefficient (Wildman–Crippen LogP) is 2.51. The second-order valence-corrected chi connectivity index (χ2v) is 6.60. The number of carbonyl (C=O) groups excluding carboxylic acids is 1. The molecule has 0 spiro atoms. The normalized spacial score (nSPS) is 22.6. The molecule has 0 aliphatic carbocycles. The van der Waals surface area contributed by atoms with Crippen molar-refractivity contribution in [1.82, 2.24) is 15.1 Å². The van der Waals surface area contributed by atoms with Gasteiger partial charge in [0.05, 0.1) is 6.04 Å². The Labute approximate surface area is 130 Å². The molecule has 1 N–H and O–H groups in total. The van der Waals surface area contributed by atoms with Crippen molar-refractivity contribution in [2.45, 2.75) is 23.0 Å². The predicted molar refractivity (Wildman–Crippen MR) is 77.5 cm³/mol. The molecule has 3 rings (SSSR count). The van der Waals surface area contributed by atoms with Gasteiger partial charge in [-0.25, -0.2) is 4.79 Å². The standard InChI is InChI=1S/C14H16F3N3OS/c15-14(16,17)22-12-3-1-10(2-4-12)8-19-5-6-20-11(9-19)7-18-13(20)21/h1-4,11H,5-9H2,(H,18,21)/t11-/m1/s1. The third-order valence-electron chi connectivity index (χ3n) is 3.88. The minimum absolute atomic E-state index is 0.00169. The Morgan fingerprint density at radius 2 is 1.95 bits per heavy atom. The lowest BCUT2D eigenvalue weighted by Gasteiger charge is -2.36. The number of hydrogen-bond donors (Lipinski definition) is 1. The van der Waals surface area contributed by atoms with Crippen molar-refractivity contribution in [3.8, 4) is 0 Å². The number of piperazine rings is 1. The fourth-order valence-corrected chi connectivity index (χ4v) is 3.41. The molecule has 120 valence electrons. The summed E-state index contributed by atoms with van der Waals surface area (Å²) in [5.74, 6) is 0. The summed E-state index contributed by atoms with van der Waals surface area (Å²) < 4.78 is 36.9. The lowest BCUT2D eigenvalue weighted by Crippen LogP contribution is -2.51. The zero-order valence-electron chi connectivity index (χ0n) is 11.8. The molecular weight excluding hydrogens is 315 g/mol. The molecule has 0 unspecified atom stereocenters. The molecule has 1 aromatic carbocycles. The van der Waals surface area contributed by atoms with Gasteiger partial charge >= 0.3 is 11.5 Å². The Bertz CT molecular complexity index is 549. The number of urea groups is 1. The minimum atomic E-state index is -4.25. The molecule has 1 aromatic rings. The Morgan fingerprint density at radius 3 is 2.64 bits per heavy atom. The Balaban J connectivity index is 1.56. The summed E-state index contributed by atoms with van der Waals surface area (Å²) in [7, 11) is 0. The molecule has 2 aliphatic heterocycles. The number of nitrogens with zero attached hydrogens (tertiary/aromatic N) is 2. The molecule has 2 amide bonds. The zero-order chi connectivity index (χ0) is 15.7. The smallest absolute Gasteiger partial charge is 0.336 e. The number of thioether (sulfide) groups is 1. The third-order valence-corrected chi connectivity index (χ3v) is 4.62. The number of alkyl halides is 3. The first kappa shape index (κ1) is 15.5. The summed E-state index contributed by atoms with van der Waals surface area (Å²) in [6, 6.07) is 6.67. The van der Waals surface area contributed by atoms with Gasteiger partial charge in [-0.1, -0.05) is 12.1 Å². The van der Waals surface area contributed by atoms with Gasteiger partial charge in [0, 0.05) is 37.6 Å². The van der Waals surface area contributed by atoms with Crippen molar-refractivity contribution in [1.29, 1.82) is 0 Å². The van der Waals surface area contributed by atoms with Crippen LogP contribution in [0.1, 0.15) is 5.56 Å². The topological polar surface area (TPSA) is 35.6 Å². The highest BCUT2D eigenvalue weighted by Crippen LogP contribution is 2.36. The molecule has 2 fully saturated rings. The van der Waals surface area contributed by atoms with Gasteiger partial charge in [0.25, 0.3) is 0 Å². The summed E-state index contributed by atoms with van der Waals surface area (Å²) in [5.41, 5.74) is -3.27. The summed E-state index contributed by atoms with van der Waals surface area (Å²) in [6.07, 6.45) is 0. The molecule has 0 bridgehead atoms. The van der Waals surface area contributed by atoms with Crippen LogP contribution in [0.3, 0.4) is 0 Å². The first-order valence-electron chi connectivity index (χ1n) is 7.02. The van der Waals surface area contributed by atoms with E-state index in [9.17, 15) is 18.0 Å². The van der Waals surface area contributed by atoms with Crippen LogP contribution in [0.15, 0.2) is 29.2 Å². The summed E-state index contributed by atoms with van der Waals surface area (Å²) >= 11 is -0.0977. The number of amides is 2. The zero-order valence-corrected chi connectivity index (χ0v) is 12.6. The van der Waals surface area contributed by atoms with Crippen molar-refractivity contribution < 1.29 is 18.0 Å². The summed E-state index contributed by atoms with van der Waals surface area (Å²) in [6.45, 7) is 3.62. The highest BCUT2D eigenvalue weighted by atomic mass is 32.2. The molecule has 0 aromatic heterocycles. The van der Waals surface area contributed by atoms with E-state index in [1.165, 1.54) is 12.1 Å². The molecular formula is C14H16F3N3OS. The van der Waals surface area contributed by atoms with Crippen LogP contribution in [0.5, 0.6) is 0 Å². The van der Waals surface area contributed by atoms with Gasteiger partial charge in [0.15, 0.2) is 0 Å². The first-order valence-corrected chi connectivity index (χ1v) is 7.84. The van der Waals surface area contributed by atoms with E-state index in [0.717, 1.165) is 18.7 Å². The van der Waals surface area contributed by atoms with Gasteiger partial charge in [0.2, 0.25) is 0 Å². The van der Waals surface area contributed by atoms with Gasteiger partial charge in [-0.05, 0) is 29.5 Å². The van der Waals surface area contributed by atoms with Crippen molar-refractivity contribution in [3.63, 3.8) is 0 Å². The maximum Gasteiger partial charge on any atom is 0.446 e. The van der Waals surface area contributed by atoms with Crippen LogP contribution in [-0.2, 0) is 6.54 Å². The van der Waals surface area contributed by atoms with E-state index in [4.69, 9.17) is 0 Å². The molecule has 2 saturated heterocycles. The van der Waals surface area contributed by atoms with E-state index < -0.39 is 5.51 Å². The quantitative estimate of drug-likeness (QED) is 0.865. The number of carbonyl (C=O) groups is 1. The van der Waals surface area contributed by atoms with Crippen LogP contribution in [0.4, 0.5) is 18.0 Å². The second kappa shape index (κ2) is 6.00. The van der Waals surface area contributed by atoms with Gasteiger partial charge in [-0.15, -0.1) is 0 Å². The monoisotopic (exact) mass is 331 g/mol. The number of halogens is 3. The average molecular weight is 331 g/mol. The highest BCUT2D eigenvalue weighted by Gasteiger charge is 2.35. The second-order valence-electron chi connectivity index (χ2n) is 5.46. The highest BCUT2D eigenvalue weighted by molar-refractivity contribution is 8.00. The molecule has 2 aliphatic rings. The Hall–Kier alpha value is -1.41. The van der Waals surface area contributed by atoms with E-state index in [1.807, 2.05) is 4.90 Å². The van der Waals surface area contributed by atoms with Crippen LogP contribution in [0.25, 0.3) is 0 Å². The summed E-state index contributed by atoms with van der Waals surface area (Å²) in [4.78, 5) is 15.8. The van der Waals surface area contributed by atoms with Crippen LogP contribution in [0.2, 0.25) is 0 Å². The van der Waals surface area contributed by atoms with Crippen molar-refractivity contribution in [2.24, 2.45) is 0 Å². The van der Waals surface area contributed by atoms with Gasteiger partial charge in [0.1, 0.15) is 0 Å². The van der Waals surface area contributed by atoms with Gasteiger partial charge in [-0.2, -0.15) is 13.2 Å². The first-order chi connectivity index (χ1) is 10.4. The fraction of sp³-hybridized carbons (Fsp3) is 0.500. The van der Waals surface area contributed by atoms with Crippen molar-refractivity contribution >= 4 is 17.8 Å². The molecule has 8 heteroatoms. The lowest BCUT2D eigenvalue weighted by atomic mass is 10.1. The van der Waals surface area contributed by atoms with Gasteiger partial charge < -0.3 is 10.2 Å². The van der Waals surface area contributed by atoms with Crippen molar-refractivity contribution in [2.75, 3.05) is 26.2 Å². The molecule has 1 atom stereocenters. The summed E-state index contributed by atoms with van der Waals surface area (Å²) in [5, 5.41) is 2.83. The molecule has 0 radical (unpaired) electrons. The maximum atomic E-state index is 12.3. The fourth-order valence-electron chi connectivity index (χ4n) is 2.87. The number of nitrogens with one attached hydrogen (secondary N) is 1. The molecule has 2 heterocycles. The van der Waals surface area contributed by atoms with Crippen LogP contribution in [-0.4, -0.2) is 53.6 Å². The lowest BCUT2D eigenvalue weighted by molar-refractivity contribution is -0.0328. The SMILES string of the molecule is O=C1NC[C@@H]2CN(Cc3ccc(SC(F)(F)F)cc3)CCN12. The molecule has 22 heavy (non-hydrogen) atoms. The molecule has 4 nitrogen and oxygen atoms in total. The Kier molecular flexibility index (Phi) is 4.22. The number of benzene rings is 1. The van der Waals surface area contributed by atoms with E-state index in [2.05, 4.69) is 10.2 Å². The van der Waals surface area contributed by atoms with Crippen LogP contribution < -0.4 is 5.32 Å². The van der Waals surface area contributed by atoms with E-state index in [0.29, 0.717) is 19.6 Å². The average Bonchev–Trinajstić information content (AvgIpc) is 2.81. The largest absolute Gasteiger partial charge is 0.446 e. The van der Waals surface area contributed by atoms with Crippen LogP contribution >= 0.6 is 11.8 Å². The van der Waals surface area contributed by atoms with E-state index >= 15 is 0 Å². The number of rotatable bonds is 3. The molecule has 0 saturated carbocycles. The maximum absolute atomic E-state index is 12.3. The van der Waals surface area contributed by atoms with Crippen molar-refractivity contribution in [3.05, 3.63) is 29.8 Å². The number of hydrogen-bond acceptors (Lipinski definition) is 3. The number of fused-ring (bicyclic) bond motifs is 1. The Morgan fingerprint density at radius 1 is 1.23 bits per heavy atom.